The highest BCUT2D eigenvalue weighted by Gasteiger charge is 2.28. The van der Waals surface area contributed by atoms with Crippen LogP contribution in [0.2, 0.25) is 0 Å². The number of amides is 1. The van der Waals surface area contributed by atoms with Crippen molar-refractivity contribution in [3.05, 3.63) is 0 Å². The number of unbranched alkanes of at least 4 members (excludes halogenated alkanes) is 9. The Balaban J connectivity index is 5.11. The van der Waals surface area contributed by atoms with E-state index < -0.39 is 36.1 Å². The van der Waals surface area contributed by atoms with Crippen molar-refractivity contribution >= 4 is 29.8 Å². The Hall–Kier alpha value is -2.65. The Morgan fingerprint density at radius 2 is 0.974 bits per heavy atom. The van der Waals surface area contributed by atoms with Crippen molar-refractivity contribution in [1.82, 2.24) is 4.90 Å². The highest BCUT2D eigenvalue weighted by atomic mass is 16.6. The van der Waals surface area contributed by atoms with Crippen molar-refractivity contribution < 1.29 is 43.7 Å². The highest BCUT2D eigenvalue weighted by Crippen LogP contribution is 2.22. The van der Waals surface area contributed by atoms with E-state index >= 15 is 0 Å². The van der Waals surface area contributed by atoms with Crippen LogP contribution in [0.15, 0.2) is 0 Å². The molecule has 0 rings (SSSR count). The minimum atomic E-state index is -1.10. The maximum atomic E-state index is 12.4. The fraction of sp³-hybridized carbons (Fsp3) is 0.821. The van der Waals surface area contributed by atoms with E-state index in [-0.39, 0.29) is 31.6 Å². The average molecular weight is 544 g/mol. The largest absolute Gasteiger partial charge is 0.481 e. The fourth-order valence-electron chi connectivity index (χ4n) is 4.02. The van der Waals surface area contributed by atoms with Gasteiger partial charge in [0.05, 0.1) is 25.7 Å². The molecule has 2 atom stereocenters. The zero-order valence-electron chi connectivity index (χ0n) is 23.6. The van der Waals surface area contributed by atoms with Crippen LogP contribution in [0.4, 0.5) is 0 Å². The van der Waals surface area contributed by atoms with E-state index in [0.29, 0.717) is 25.7 Å². The van der Waals surface area contributed by atoms with Gasteiger partial charge in [0.1, 0.15) is 12.2 Å². The smallest absolute Gasteiger partial charge is 0.306 e. The standard InChI is InChI=1S/C28H49NO9/c1-4-5-6-7-9-12-15-22(37-27(35)20-18-25(31)32)23(38-28(36)21-19-26(33)34)16-13-10-8-11-14-17-24(30)29(2)3/h22-23H,4-21H2,1-3H3,(H,31,32)(H,33,34). The van der Waals surface area contributed by atoms with E-state index in [1.54, 1.807) is 19.0 Å². The third kappa shape index (κ3) is 20.4. The Kier molecular flexibility index (Phi) is 20.8. The summed E-state index contributed by atoms with van der Waals surface area (Å²) in [7, 11) is 3.46. The van der Waals surface area contributed by atoms with Gasteiger partial charge in [-0.2, -0.15) is 0 Å². The van der Waals surface area contributed by atoms with E-state index in [2.05, 4.69) is 6.92 Å². The number of hydrogen-bond acceptors (Lipinski definition) is 7. The number of carbonyl (C=O) groups excluding carboxylic acids is 3. The first kappa shape index (κ1) is 35.4. The van der Waals surface area contributed by atoms with Gasteiger partial charge in [-0.05, 0) is 32.1 Å². The van der Waals surface area contributed by atoms with E-state index in [1.807, 2.05) is 0 Å². The second kappa shape index (κ2) is 22.3. The molecule has 0 spiro atoms. The van der Waals surface area contributed by atoms with Gasteiger partial charge in [-0.25, -0.2) is 0 Å². The van der Waals surface area contributed by atoms with Crippen LogP contribution >= 0.6 is 0 Å². The second-order valence-corrected chi connectivity index (χ2v) is 10.00. The normalized spacial score (nSPS) is 12.4. The lowest BCUT2D eigenvalue weighted by atomic mass is 9.99. The molecule has 0 aromatic heterocycles. The van der Waals surface area contributed by atoms with Crippen molar-refractivity contribution in [3.8, 4) is 0 Å². The summed E-state index contributed by atoms with van der Waals surface area (Å²) in [5.41, 5.74) is 0. The highest BCUT2D eigenvalue weighted by molar-refractivity contribution is 5.77. The molecule has 0 aliphatic heterocycles. The van der Waals surface area contributed by atoms with E-state index in [1.165, 1.54) is 0 Å². The van der Waals surface area contributed by atoms with Gasteiger partial charge in [0.15, 0.2) is 0 Å². The molecule has 0 aliphatic rings. The first-order valence-electron chi connectivity index (χ1n) is 14.1. The van der Waals surface area contributed by atoms with Gasteiger partial charge in [0, 0.05) is 20.5 Å². The van der Waals surface area contributed by atoms with Gasteiger partial charge in [0.2, 0.25) is 5.91 Å². The maximum absolute atomic E-state index is 12.4. The molecule has 0 aromatic carbocycles. The summed E-state index contributed by atoms with van der Waals surface area (Å²) in [6.45, 7) is 2.14. The van der Waals surface area contributed by atoms with E-state index in [0.717, 1.165) is 64.2 Å². The van der Waals surface area contributed by atoms with Crippen molar-refractivity contribution in [3.63, 3.8) is 0 Å². The number of ether oxygens (including phenoxy) is 2. The van der Waals surface area contributed by atoms with Crippen LogP contribution in [0.1, 0.15) is 122 Å². The van der Waals surface area contributed by atoms with Crippen LogP contribution in [0, 0.1) is 0 Å². The molecule has 0 saturated carbocycles. The third-order valence-corrected chi connectivity index (χ3v) is 6.29. The molecule has 0 fully saturated rings. The summed E-state index contributed by atoms with van der Waals surface area (Å²) in [6.07, 6.45) is 9.05. The Bertz CT molecular complexity index is 708. The molecule has 0 heterocycles. The lowest BCUT2D eigenvalue weighted by Crippen LogP contribution is -2.35. The molecule has 0 bridgehead atoms. The molecule has 38 heavy (non-hydrogen) atoms. The van der Waals surface area contributed by atoms with Crippen LogP contribution in [0.3, 0.4) is 0 Å². The number of carboxylic acid groups (broad SMARTS) is 2. The Morgan fingerprint density at radius 1 is 0.579 bits per heavy atom. The molecular formula is C28H49NO9. The van der Waals surface area contributed by atoms with Crippen LogP contribution in [-0.4, -0.2) is 71.2 Å². The zero-order valence-corrected chi connectivity index (χ0v) is 23.6. The molecule has 0 aromatic rings. The van der Waals surface area contributed by atoms with E-state index in [9.17, 15) is 24.0 Å². The summed E-state index contributed by atoms with van der Waals surface area (Å²) in [6, 6.07) is 0. The van der Waals surface area contributed by atoms with Crippen molar-refractivity contribution in [2.24, 2.45) is 0 Å². The lowest BCUT2D eigenvalue weighted by molar-refractivity contribution is -0.170. The number of rotatable bonds is 24. The number of carbonyl (C=O) groups is 5. The zero-order chi connectivity index (χ0) is 28.8. The molecule has 2 unspecified atom stereocenters. The van der Waals surface area contributed by atoms with Crippen molar-refractivity contribution in [2.75, 3.05) is 14.1 Å². The quantitative estimate of drug-likeness (QED) is 0.125. The number of hydrogen-bond donors (Lipinski definition) is 2. The maximum Gasteiger partial charge on any atom is 0.306 e. The second-order valence-electron chi connectivity index (χ2n) is 10.00. The van der Waals surface area contributed by atoms with Gasteiger partial charge in [0.25, 0.3) is 0 Å². The van der Waals surface area contributed by atoms with E-state index in [4.69, 9.17) is 19.7 Å². The molecule has 1 amide bonds. The summed E-state index contributed by atoms with van der Waals surface area (Å²) < 4.78 is 11.2. The predicted octanol–water partition coefficient (Wildman–Crippen LogP) is 5.11. The minimum absolute atomic E-state index is 0.0978. The third-order valence-electron chi connectivity index (χ3n) is 6.29. The molecular weight excluding hydrogens is 494 g/mol. The summed E-state index contributed by atoms with van der Waals surface area (Å²) in [5.74, 6) is -3.41. The Labute approximate surface area is 227 Å². The van der Waals surface area contributed by atoms with Crippen LogP contribution < -0.4 is 0 Å². The molecule has 220 valence electrons. The molecule has 0 radical (unpaired) electrons. The lowest BCUT2D eigenvalue weighted by Gasteiger charge is -2.27. The number of carboxylic acids is 2. The number of esters is 2. The number of aliphatic carboxylic acids is 2. The topological polar surface area (TPSA) is 148 Å². The molecule has 0 aliphatic carbocycles. The SMILES string of the molecule is CCCCCCCCC(OC(=O)CCC(=O)O)C(CCCCCCCC(=O)N(C)C)OC(=O)CCC(=O)O. The summed E-state index contributed by atoms with van der Waals surface area (Å²) >= 11 is 0. The van der Waals surface area contributed by atoms with Crippen LogP contribution in [0.5, 0.6) is 0 Å². The van der Waals surface area contributed by atoms with Crippen molar-refractivity contribution in [1.29, 1.82) is 0 Å². The van der Waals surface area contributed by atoms with Gasteiger partial charge in [-0.15, -0.1) is 0 Å². The predicted molar refractivity (Wildman–Crippen MR) is 143 cm³/mol. The van der Waals surface area contributed by atoms with Crippen LogP contribution in [0.25, 0.3) is 0 Å². The summed E-state index contributed by atoms with van der Waals surface area (Å²) in [4.78, 5) is 59.7. The van der Waals surface area contributed by atoms with Crippen molar-refractivity contribution in [2.45, 2.75) is 135 Å². The first-order valence-corrected chi connectivity index (χ1v) is 14.1. The van der Waals surface area contributed by atoms with Gasteiger partial charge in [-0.3, -0.25) is 24.0 Å². The number of nitrogens with zero attached hydrogens (tertiary/aromatic N) is 1. The van der Waals surface area contributed by atoms with Gasteiger partial charge < -0.3 is 24.6 Å². The molecule has 10 nitrogen and oxygen atoms in total. The molecule has 0 saturated heterocycles. The fourth-order valence-corrected chi connectivity index (χ4v) is 4.02. The average Bonchev–Trinajstić information content (AvgIpc) is 2.85. The monoisotopic (exact) mass is 543 g/mol. The summed E-state index contributed by atoms with van der Waals surface area (Å²) in [5, 5.41) is 17.8. The Morgan fingerprint density at radius 3 is 1.37 bits per heavy atom. The van der Waals surface area contributed by atoms with Crippen LogP contribution in [-0.2, 0) is 33.4 Å². The van der Waals surface area contributed by atoms with Gasteiger partial charge in [-0.1, -0.05) is 58.3 Å². The molecule has 2 N–H and O–H groups in total. The minimum Gasteiger partial charge on any atom is -0.481 e. The van der Waals surface area contributed by atoms with Gasteiger partial charge >= 0.3 is 23.9 Å². The first-order chi connectivity index (χ1) is 18.1. The molecule has 10 heteroatoms.